The SMILES string of the molecule is CC(=O)CC1CCCCCN1CCc1cccnc1. The molecule has 19 heavy (non-hydrogen) atoms. The Kier molecular flexibility index (Phi) is 5.52. The lowest BCUT2D eigenvalue weighted by molar-refractivity contribution is -0.118. The Morgan fingerprint density at radius 3 is 3.05 bits per heavy atom. The van der Waals surface area contributed by atoms with Crippen LogP contribution in [0.25, 0.3) is 0 Å². The molecule has 1 aliphatic rings. The number of hydrogen-bond acceptors (Lipinski definition) is 3. The van der Waals surface area contributed by atoms with E-state index in [2.05, 4.69) is 16.0 Å². The van der Waals surface area contributed by atoms with E-state index in [1.54, 1.807) is 6.92 Å². The Morgan fingerprint density at radius 2 is 2.32 bits per heavy atom. The molecule has 0 amide bonds. The van der Waals surface area contributed by atoms with Gasteiger partial charge < -0.3 is 0 Å². The van der Waals surface area contributed by atoms with Crippen molar-refractivity contribution in [1.82, 2.24) is 9.88 Å². The molecule has 0 N–H and O–H groups in total. The second-order valence-electron chi connectivity index (χ2n) is 5.56. The molecule has 1 aliphatic heterocycles. The molecule has 2 rings (SSSR count). The summed E-state index contributed by atoms with van der Waals surface area (Å²) in [5, 5.41) is 0. The van der Waals surface area contributed by atoms with Gasteiger partial charge in [-0.1, -0.05) is 18.9 Å². The molecular formula is C16H24N2O. The van der Waals surface area contributed by atoms with Gasteiger partial charge in [0.05, 0.1) is 0 Å². The van der Waals surface area contributed by atoms with Gasteiger partial charge in [-0.3, -0.25) is 14.7 Å². The summed E-state index contributed by atoms with van der Waals surface area (Å²) in [6.45, 7) is 3.89. The van der Waals surface area contributed by atoms with E-state index in [1.807, 2.05) is 18.5 Å². The lowest BCUT2D eigenvalue weighted by Crippen LogP contribution is -2.37. The lowest BCUT2D eigenvalue weighted by atomic mass is 10.0. The molecule has 0 spiro atoms. The molecule has 2 heterocycles. The number of hydrogen-bond donors (Lipinski definition) is 0. The summed E-state index contributed by atoms with van der Waals surface area (Å²) in [4.78, 5) is 18.1. The van der Waals surface area contributed by atoms with Gasteiger partial charge in [-0.05, 0) is 44.4 Å². The summed E-state index contributed by atoms with van der Waals surface area (Å²) in [7, 11) is 0. The normalized spacial score (nSPS) is 21.0. The lowest BCUT2D eigenvalue weighted by Gasteiger charge is -2.29. The highest BCUT2D eigenvalue weighted by Crippen LogP contribution is 2.20. The van der Waals surface area contributed by atoms with Crippen molar-refractivity contribution in [3.63, 3.8) is 0 Å². The van der Waals surface area contributed by atoms with Crippen LogP contribution in [0.4, 0.5) is 0 Å². The maximum atomic E-state index is 11.4. The van der Waals surface area contributed by atoms with Crippen LogP contribution >= 0.6 is 0 Å². The number of likely N-dealkylation sites (tertiary alicyclic amines) is 1. The Labute approximate surface area is 116 Å². The Hall–Kier alpha value is -1.22. The molecule has 0 bridgehead atoms. The van der Waals surface area contributed by atoms with E-state index in [-0.39, 0.29) is 0 Å². The van der Waals surface area contributed by atoms with E-state index in [0.29, 0.717) is 18.2 Å². The van der Waals surface area contributed by atoms with Crippen LogP contribution in [0.3, 0.4) is 0 Å². The molecule has 1 fully saturated rings. The van der Waals surface area contributed by atoms with Gasteiger partial charge in [0, 0.05) is 31.4 Å². The van der Waals surface area contributed by atoms with Crippen molar-refractivity contribution < 1.29 is 4.79 Å². The van der Waals surface area contributed by atoms with Gasteiger partial charge >= 0.3 is 0 Å². The summed E-state index contributed by atoms with van der Waals surface area (Å²) in [6, 6.07) is 4.58. The number of aromatic nitrogens is 1. The third-order valence-electron chi connectivity index (χ3n) is 3.93. The monoisotopic (exact) mass is 260 g/mol. The number of pyridine rings is 1. The highest BCUT2D eigenvalue weighted by Gasteiger charge is 2.21. The summed E-state index contributed by atoms with van der Waals surface area (Å²) in [6.07, 6.45) is 10.5. The summed E-state index contributed by atoms with van der Waals surface area (Å²) in [5.74, 6) is 0.318. The van der Waals surface area contributed by atoms with Gasteiger partial charge in [-0.2, -0.15) is 0 Å². The molecule has 104 valence electrons. The van der Waals surface area contributed by atoms with Crippen molar-refractivity contribution >= 4 is 5.78 Å². The van der Waals surface area contributed by atoms with Gasteiger partial charge in [0.15, 0.2) is 0 Å². The van der Waals surface area contributed by atoms with E-state index < -0.39 is 0 Å². The summed E-state index contributed by atoms with van der Waals surface area (Å²) < 4.78 is 0. The third kappa shape index (κ3) is 4.75. The Bertz CT molecular complexity index is 391. The van der Waals surface area contributed by atoms with Gasteiger partial charge in [-0.25, -0.2) is 0 Å². The van der Waals surface area contributed by atoms with E-state index in [4.69, 9.17) is 0 Å². The molecular weight excluding hydrogens is 236 g/mol. The van der Waals surface area contributed by atoms with Crippen molar-refractivity contribution in [3.8, 4) is 0 Å². The molecule has 1 atom stereocenters. The number of carbonyl (C=O) groups excluding carboxylic acids is 1. The third-order valence-corrected chi connectivity index (χ3v) is 3.93. The van der Waals surface area contributed by atoms with Gasteiger partial charge in [0.1, 0.15) is 5.78 Å². The average molecular weight is 260 g/mol. The number of nitrogens with zero attached hydrogens (tertiary/aromatic N) is 2. The fraction of sp³-hybridized carbons (Fsp3) is 0.625. The van der Waals surface area contributed by atoms with Crippen LogP contribution in [0.15, 0.2) is 24.5 Å². The minimum atomic E-state index is 0.318. The predicted molar refractivity (Wildman–Crippen MR) is 77.1 cm³/mol. The van der Waals surface area contributed by atoms with Crippen LogP contribution in [0.1, 0.15) is 44.6 Å². The maximum Gasteiger partial charge on any atom is 0.131 e. The molecule has 0 radical (unpaired) electrons. The standard InChI is InChI=1S/C16H24N2O/c1-14(19)12-16-7-3-2-4-10-18(16)11-8-15-6-5-9-17-13-15/h5-6,9,13,16H,2-4,7-8,10-12H2,1H3. The predicted octanol–water partition coefficient (Wildman–Crippen LogP) is 2.85. The van der Waals surface area contributed by atoms with Gasteiger partial charge in [0.2, 0.25) is 0 Å². The fourth-order valence-corrected chi connectivity index (χ4v) is 2.91. The van der Waals surface area contributed by atoms with Crippen LogP contribution in [0.5, 0.6) is 0 Å². The molecule has 1 saturated heterocycles. The van der Waals surface area contributed by atoms with Crippen molar-refractivity contribution in [2.24, 2.45) is 0 Å². The smallest absolute Gasteiger partial charge is 0.131 e. The van der Waals surface area contributed by atoms with Crippen molar-refractivity contribution in [2.75, 3.05) is 13.1 Å². The molecule has 0 aromatic carbocycles. The van der Waals surface area contributed by atoms with E-state index in [1.165, 1.54) is 31.2 Å². The topological polar surface area (TPSA) is 33.2 Å². The maximum absolute atomic E-state index is 11.4. The molecule has 3 heteroatoms. The summed E-state index contributed by atoms with van der Waals surface area (Å²) in [5.41, 5.74) is 1.29. The van der Waals surface area contributed by atoms with Gasteiger partial charge in [0.25, 0.3) is 0 Å². The zero-order valence-electron chi connectivity index (χ0n) is 11.8. The zero-order valence-corrected chi connectivity index (χ0v) is 11.8. The first kappa shape index (κ1) is 14.2. The number of Topliss-reactive ketones (excluding diaryl/α,β-unsaturated/α-hetero) is 1. The quantitative estimate of drug-likeness (QED) is 0.816. The Balaban J connectivity index is 1.92. The van der Waals surface area contributed by atoms with Crippen LogP contribution in [-0.2, 0) is 11.2 Å². The van der Waals surface area contributed by atoms with Crippen molar-refractivity contribution in [3.05, 3.63) is 30.1 Å². The molecule has 1 unspecified atom stereocenters. The number of ketones is 1. The molecule has 1 aromatic heterocycles. The van der Waals surface area contributed by atoms with Crippen LogP contribution in [-0.4, -0.2) is 34.8 Å². The highest BCUT2D eigenvalue weighted by atomic mass is 16.1. The molecule has 3 nitrogen and oxygen atoms in total. The van der Waals surface area contributed by atoms with Crippen molar-refractivity contribution in [1.29, 1.82) is 0 Å². The zero-order chi connectivity index (χ0) is 13.5. The Morgan fingerprint density at radius 1 is 1.42 bits per heavy atom. The van der Waals surface area contributed by atoms with Gasteiger partial charge in [-0.15, -0.1) is 0 Å². The number of rotatable bonds is 5. The second-order valence-corrected chi connectivity index (χ2v) is 5.56. The van der Waals surface area contributed by atoms with Crippen LogP contribution < -0.4 is 0 Å². The molecule has 0 aliphatic carbocycles. The van der Waals surface area contributed by atoms with Crippen LogP contribution in [0.2, 0.25) is 0 Å². The number of carbonyl (C=O) groups is 1. The minimum Gasteiger partial charge on any atom is -0.300 e. The minimum absolute atomic E-state index is 0.318. The van der Waals surface area contributed by atoms with Crippen LogP contribution in [0, 0.1) is 0 Å². The average Bonchev–Trinajstić information content (AvgIpc) is 2.62. The molecule has 0 saturated carbocycles. The largest absolute Gasteiger partial charge is 0.300 e. The first-order valence-corrected chi connectivity index (χ1v) is 7.38. The fourth-order valence-electron chi connectivity index (χ4n) is 2.91. The second kappa shape index (κ2) is 7.39. The highest BCUT2D eigenvalue weighted by molar-refractivity contribution is 5.76. The van der Waals surface area contributed by atoms with E-state index >= 15 is 0 Å². The van der Waals surface area contributed by atoms with Crippen molar-refractivity contribution in [2.45, 2.75) is 51.5 Å². The van der Waals surface area contributed by atoms with E-state index in [0.717, 1.165) is 19.5 Å². The molecule has 1 aromatic rings. The first-order chi connectivity index (χ1) is 9.25. The summed E-state index contributed by atoms with van der Waals surface area (Å²) >= 11 is 0. The van der Waals surface area contributed by atoms with E-state index in [9.17, 15) is 4.79 Å². The first-order valence-electron chi connectivity index (χ1n) is 7.38.